The van der Waals surface area contributed by atoms with Crippen molar-refractivity contribution >= 4 is 0 Å². The van der Waals surface area contributed by atoms with Crippen molar-refractivity contribution in [3.63, 3.8) is 0 Å². The minimum atomic E-state index is 0.0885. The molecular formula is C10H17N3. The van der Waals surface area contributed by atoms with Crippen molar-refractivity contribution in [2.24, 2.45) is 5.73 Å². The molecule has 3 nitrogen and oxygen atoms in total. The molecule has 13 heavy (non-hydrogen) atoms. The summed E-state index contributed by atoms with van der Waals surface area (Å²) in [6.07, 6.45) is 5.79. The molecule has 1 heterocycles. The Morgan fingerprint density at radius 2 is 2.23 bits per heavy atom. The quantitative estimate of drug-likeness (QED) is 0.726. The van der Waals surface area contributed by atoms with Gasteiger partial charge in [0, 0.05) is 5.69 Å². The average molecular weight is 179 g/mol. The van der Waals surface area contributed by atoms with Crippen LogP contribution in [-0.2, 0) is 12.8 Å². The van der Waals surface area contributed by atoms with Crippen LogP contribution >= 0.6 is 0 Å². The molecule has 1 aliphatic carbocycles. The molecule has 0 radical (unpaired) electrons. The number of hydrogen-bond acceptors (Lipinski definition) is 2. The van der Waals surface area contributed by atoms with Gasteiger partial charge < -0.3 is 10.7 Å². The summed E-state index contributed by atoms with van der Waals surface area (Å²) in [6, 6.07) is 0.0885. The Labute approximate surface area is 78.7 Å². The highest BCUT2D eigenvalue weighted by Gasteiger charge is 2.16. The lowest BCUT2D eigenvalue weighted by Crippen LogP contribution is -2.10. The molecule has 1 aliphatic rings. The van der Waals surface area contributed by atoms with E-state index in [0.29, 0.717) is 0 Å². The molecule has 0 aromatic carbocycles. The number of rotatable bonds is 2. The SMILES string of the molecule is CC[C@@H](N)c1nc2c([nH]1)CCCC2. The van der Waals surface area contributed by atoms with Gasteiger partial charge in [-0.3, -0.25) is 0 Å². The predicted octanol–water partition coefficient (Wildman–Crippen LogP) is 1.70. The minimum absolute atomic E-state index is 0.0885. The zero-order valence-electron chi connectivity index (χ0n) is 8.14. The summed E-state index contributed by atoms with van der Waals surface area (Å²) in [5.41, 5.74) is 8.49. The number of imidazole rings is 1. The molecule has 1 aromatic heterocycles. The van der Waals surface area contributed by atoms with Crippen molar-refractivity contribution < 1.29 is 0 Å². The molecule has 0 bridgehead atoms. The summed E-state index contributed by atoms with van der Waals surface area (Å²) in [4.78, 5) is 7.89. The van der Waals surface area contributed by atoms with E-state index in [1.54, 1.807) is 0 Å². The third-order valence-corrected chi connectivity index (χ3v) is 2.76. The Morgan fingerprint density at radius 1 is 1.46 bits per heavy atom. The summed E-state index contributed by atoms with van der Waals surface area (Å²) >= 11 is 0. The minimum Gasteiger partial charge on any atom is -0.344 e. The third kappa shape index (κ3) is 1.61. The van der Waals surface area contributed by atoms with Gasteiger partial charge in [0.05, 0.1) is 11.7 Å². The lowest BCUT2D eigenvalue weighted by Gasteiger charge is -2.07. The first-order valence-corrected chi connectivity index (χ1v) is 5.14. The summed E-state index contributed by atoms with van der Waals surface area (Å²) in [6.45, 7) is 2.09. The van der Waals surface area contributed by atoms with Crippen molar-refractivity contribution in [2.75, 3.05) is 0 Å². The van der Waals surface area contributed by atoms with Gasteiger partial charge in [-0.25, -0.2) is 4.98 Å². The van der Waals surface area contributed by atoms with Crippen LogP contribution in [0.15, 0.2) is 0 Å². The van der Waals surface area contributed by atoms with Crippen molar-refractivity contribution in [3.8, 4) is 0 Å². The van der Waals surface area contributed by atoms with Crippen LogP contribution in [0.1, 0.15) is 49.4 Å². The second-order valence-electron chi connectivity index (χ2n) is 3.77. The fourth-order valence-electron chi connectivity index (χ4n) is 1.84. The molecular weight excluding hydrogens is 162 g/mol. The molecule has 0 spiro atoms. The molecule has 0 aliphatic heterocycles. The molecule has 1 atom stereocenters. The van der Waals surface area contributed by atoms with E-state index in [1.165, 1.54) is 24.2 Å². The van der Waals surface area contributed by atoms with Crippen LogP contribution < -0.4 is 5.73 Å². The van der Waals surface area contributed by atoms with Gasteiger partial charge in [0.1, 0.15) is 5.82 Å². The smallest absolute Gasteiger partial charge is 0.123 e. The van der Waals surface area contributed by atoms with Gasteiger partial charge in [0.2, 0.25) is 0 Å². The summed E-state index contributed by atoms with van der Waals surface area (Å²) < 4.78 is 0. The second kappa shape index (κ2) is 3.50. The maximum absolute atomic E-state index is 5.91. The number of H-pyrrole nitrogens is 1. The van der Waals surface area contributed by atoms with Crippen LogP contribution in [0.4, 0.5) is 0 Å². The standard InChI is InChI=1S/C10H17N3/c1-2-7(11)10-12-8-5-3-4-6-9(8)13-10/h7H,2-6,11H2,1H3,(H,12,13)/t7-/m1/s1. The normalized spacial score (nSPS) is 18.3. The number of aromatic amines is 1. The molecule has 0 unspecified atom stereocenters. The second-order valence-corrected chi connectivity index (χ2v) is 3.77. The number of aryl methyl sites for hydroxylation is 2. The van der Waals surface area contributed by atoms with Crippen LogP contribution in [0.5, 0.6) is 0 Å². The van der Waals surface area contributed by atoms with E-state index in [0.717, 1.165) is 25.1 Å². The summed E-state index contributed by atoms with van der Waals surface area (Å²) in [7, 11) is 0. The van der Waals surface area contributed by atoms with Crippen molar-refractivity contribution in [1.82, 2.24) is 9.97 Å². The van der Waals surface area contributed by atoms with E-state index >= 15 is 0 Å². The lowest BCUT2D eigenvalue weighted by molar-refractivity contribution is 0.655. The molecule has 3 heteroatoms. The van der Waals surface area contributed by atoms with E-state index in [-0.39, 0.29) is 6.04 Å². The van der Waals surface area contributed by atoms with Gasteiger partial charge in [-0.15, -0.1) is 0 Å². The Bertz CT molecular complexity index is 267. The van der Waals surface area contributed by atoms with Crippen molar-refractivity contribution in [1.29, 1.82) is 0 Å². The Balaban J connectivity index is 2.25. The Morgan fingerprint density at radius 3 is 2.92 bits per heavy atom. The predicted molar refractivity (Wildman–Crippen MR) is 52.4 cm³/mol. The number of hydrogen-bond donors (Lipinski definition) is 2. The third-order valence-electron chi connectivity index (χ3n) is 2.76. The van der Waals surface area contributed by atoms with E-state index < -0.39 is 0 Å². The van der Waals surface area contributed by atoms with Crippen LogP contribution in [0.25, 0.3) is 0 Å². The van der Waals surface area contributed by atoms with Gasteiger partial charge in [-0.05, 0) is 32.1 Å². The molecule has 72 valence electrons. The number of fused-ring (bicyclic) bond motifs is 1. The fraction of sp³-hybridized carbons (Fsp3) is 0.700. The van der Waals surface area contributed by atoms with Crippen LogP contribution in [0, 0.1) is 0 Å². The highest BCUT2D eigenvalue weighted by Crippen LogP contribution is 2.21. The number of nitrogens with zero attached hydrogens (tertiary/aromatic N) is 1. The summed E-state index contributed by atoms with van der Waals surface area (Å²) in [5, 5.41) is 0. The van der Waals surface area contributed by atoms with Crippen LogP contribution in [0.3, 0.4) is 0 Å². The molecule has 0 fully saturated rings. The maximum Gasteiger partial charge on any atom is 0.123 e. The molecule has 0 amide bonds. The van der Waals surface area contributed by atoms with Gasteiger partial charge >= 0.3 is 0 Å². The largest absolute Gasteiger partial charge is 0.344 e. The summed E-state index contributed by atoms with van der Waals surface area (Å²) in [5.74, 6) is 0.981. The number of aromatic nitrogens is 2. The molecule has 2 rings (SSSR count). The first kappa shape index (κ1) is 8.75. The highest BCUT2D eigenvalue weighted by atomic mass is 15.0. The highest BCUT2D eigenvalue weighted by molar-refractivity contribution is 5.18. The molecule has 1 aromatic rings. The first-order chi connectivity index (χ1) is 6.31. The molecule has 0 saturated heterocycles. The molecule has 3 N–H and O–H groups in total. The van der Waals surface area contributed by atoms with Gasteiger partial charge in [0.25, 0.3) is 0 Å². The van der Waals surface area contributed by atoms with Crippen LogP contribution in [-0.4, -0.2) is 9.97 Å². The topological polar surface area (TPSA) is 54.7 Å². The Kier molecular flexibility index (Phi) is 2.36. The van der Waals surface area contributed by atoms with E-state index in [4.69, 9.17) is 5.73 Å². The Hall–Kier alpha value is -0.830. The van der Waals surface area contributed by atoms with Gasteiger partial charge in [-0.1, -0.05) is 6.92 Å². The fourth-order valence-corrected chi connectivity index (χ4v) is 1.84. The zero-order chi connectivity index (χ0) is 9.26. The van der Waals surface area contributed by atoms with Gasteiger partial charge in [-0.2, -0.15) is 0 Å². The van der Waals surface area contributed by atoms with Crippen molar-refractivity contribution in [2.45, 2.75) is 45.1 Å². The maximum atomic E-state index is 5.91. The zero-order valence-corrected chi connectivity index (χ0v) is 8.14. The lowest BCUT2D eigenvalue weighted by atomic mass is 10.0. The van der Waals surface area contributed by atoms with E-state index in [1.807, 2.05) is 0 Å². The van der Waals surface area contributed by atoms with Crippen molar-refractivity contribution in [3.05, 3.63) is 17.2 Å². The van der Waals surface area contributed by atoms with Crippen LogP contribution in [0.2, 0.25) is 0 Å². The van der Waals surface area contributed by atoms with E-state index in [9.17, 15) is 0 Å². The number of nitrogens with two attached hydrogens (primary N) is 1. The van der Waals surface area contributed by atoms with Gasteiger partial charge in [0.15, 0.2) is 0 Å². The van der Waals surface area contributed by atoms with E-state index in [2.05, 4.69) is 16.9 Å². The number of nitrogens with one attached hydrogen (secondary N) is 1. The average Bonchev–Trinajstić information content (AvgIpc) is 2.59. The monoisotopic (exact) mass is 179 g/mol. The molecule has 0 saturated carbocycles. The first-order valence-electron chi connectivity index (χ1n) is 5.14.